The zero-order valence-corrected chi connectivity index (χ0v) is 13.2. The Bertz CT molecular complexity index is 491. The van der Waals surface area contributed by atoms with Crippen molar-refractivity contribution in [1.82, 2.24) is 15.5 Å². The molecule has 0 aliphatic heterocycles. The van der Waals surface area contributed by atoms with Crippen molar-refractivity contribution in [3.63, 3.8) is 0 Å². The molecule has 0 saturated heterocycles. The topological polar surface area (TPSA) is 66.0 Å². The van der Waals surface area contributed by atoms with Gasteiger partial charge in [-0.3, -0.25) is 9.79 Å². The Balaban J connectivity index is 2.43. The lowest BCUT2D eigenvalue weighted by atomic mass is 10.2. The van der Waals surface area contributed by atoms with Gasteiger partial charge in [-0.1, -0.05) is 12.1 Å². The molecular formula is C15H23FN4O2. The molecular weight excluding hydrogens is 287 g/mol. The molecule has 22 heavy (non-hydrogen) atoms. The Labute approximate surface area is 130 Å². The lowest BCUT2D eigenvalue weighted by molar-refractivity contribution is -0.120. The van der Waals surface area contributed by atoms with Gasteiger partial charge in [0.1, 0.15) is 5.82 Å². The third kappa shape index (κ3) is 6.53. The Kier molecular flexibility index (Phi) is 7.91. The van der Waals surface area contributed by atoms with Crippen LogP contribution in [0.4, 0.5) is 4.39 Å². The van der Waals surface area contributed by atoms with E-state index in [1.54, 1.807) is 26.3 Å². The van der Waals surface area contributed by atoms with Crippen LogP contribution in [0.25, 0.3) is 0 Å². The molecule has 0 radical (unpaired) electrons. The van der Waals surface area contributed by atoms with Crippen molar-refractivity contribution in [3.8, 4) is 0 Å². The Morgan fingerprint density at radius 1 is 1.32 bits per heavy atom. The molecule has 0 aliphatic carbocycles. The van der Waals surface area contributed by atoms with Gasteiger partial charge in [0, 0.05) is 34.3 Å². The van der Waals surface area contributed by atoms with Gasteiger partial charge < -0.3 is 20.3 Å². The van der Waals surface area contributed by atoms with E-state index >= 15 is 0 Å². The molecule has 122 valence electrons. The molecule has 1 amide bonds. The second kappa shape index (κ2) is 9.73. The Hall–Kier alpha value is -2.15. The first kappa shape index (κ1) is 17.9. The second-order valence-electron chi connectivity index (χ2n) is 4.73. The fraction of sp³-hybridized carbons (Fsp3) is 0.467. The van der Waals surface area contributed by atoms with Crippen molar-refractivity contribution in [2.24, 2.45) is 4.99 Å². The van der Waals surface area contributed by atoms with Gasteiger partial charge in [0.25, 0.3) is 0 Å². The molecule has 0 bridgehead atoms. The highest BCUT2D eigenvalue weighted by Gasteiger charge is 2.08. The summed E-state index contributed by atoms with van der Waals surface area (Å²) in [6.45, 7) is 1.64. The number of methoxy groups -OCH3 is 1. The summed E-state index contributed by atoms with van der Waals surface area (Å²) >= 11 is 0. The van der Waals surface area contributed by atoms with Crippen molar-refractivity contribution in [2.75, 3.05) is 40.9 Å². The molecule has 1 aromatic carbocycles. The minimum Gasteiger partial charge on any atom is -0.383 e. The second-order valence-corrected chi connectivity index (χ2v) is 4.73. The summed E-state index contributed by atoms with van der Waals surface area (Å²) in [5.41, 5.74) is 0.955. The minimum atomic E-state index is -0.262. The number of nitrogens with one attached hydrogen (secondary N) is 2. The lowest BCUT2D eigenvalue weighted by Crippen LogP contribution is -2.44. The molecule has 6 nitrogen and oxygen atoms in total. The van der Waals surface area contributed by atoms with E-state index < -0.39 is 0 Å². The third-order valence-electron chi connectivity index (χ3n) is 2.94. The van der Waals surface area contributed by atoms with Crippen LogP contribution >= 0.6 is 0 Å². The van der Waals surface area contributed by atoms with Crippen LogP contribution in [0.5, 0.6) is 0 Å². The number of rotatable bonds is 7. The van der Waals surface area contributed by atoms with Gasteiger partial charge in [0.05, 0.1) is 13.2 Å². The van der Waals surface area contributed by atoms with Crippen molar-refractivity contribution >= 4 is 11.9 Å². The molecule has 0 unspecified atom stereocenters. The maximum absolute atomic E-state index is 12.9. The van der Waals surface area contributed by atoms with Gasteiger partial charge in [0.15, 0.2) is 5.96 Å². The number of halogens is 1. The fourth-order valence-corrected chi connectivity index (χ4v) is 1.84. The molecule has 2 N–H and O–H groups in total. The van der Waals surface area contributed by atoms with Crippen LogP contribution in [0.3, 0.4) is 0 Å². The summed E-state index contributed by atoms with van der Waals surface area (Å²) in [5.74, 6) is 0.196. The number of benzene rings is 1. The predicted molar refractivity (Wildman–Crippen MR) is 84.1 cm³/mol. The number of guanidine groups is 1. The summed E-state index contributed by atoms with van der Waals surface area (Å²) in [6, 6.07) is 6.28. The van der Waals surface area contributed by atoms with Crippen LogP contribution < -0.4 is 10.6 Å². The predicted octanol–water partition coefficient (Wildman–Crippen LogP) is 0.596. The van der Waals surface area contributed by atoms with Crippen molar-refractivity contribution < 1.29 is 13.9 Å². The Morgan fingerprint density at radius 3 is 2.59 bits per heavy atom. The highest BCUT2D eigenvalue weighted by atomic mass is 19.1. The molecule has 0 aliphatic rings. The summed E-state index contributed by atoms with van der Waals surface area (Å²) in [6.07, 6.45) is 0. The summed E-state index contributed by atoms with van der Waals surface area (Å²) in [7, 11) is 5.07. The number of ether oxygens (including phenoxy) is 1. The molecule has 1 aromatic rings. The van der Waals surface area contributed by atoms with Crippen LogP contribution in [0, 0.1) is 5.82 Å². The van der Waals surface area contributed by atoms with Crippen LogP contribution in [-0.4, -0.2) is 57.7 Å². The number of carbonyl (C=O) groups excluding carboxylic acids is 1. The third-order valence-corrected chi connectivity index (χ3v) is 2.94. The molecule has 0 fully saturated rings. The van der Waals surface area contributed by atoms with Crippen molar-refractivity contribution in [2.45, 2.75) is 6.54 Å². The van der Waals surface area contributed by atoms with Gasteiger partial charge in [-0.05, 0) is 17.7 Å². The van der Waals surface area contributed by atoms with Crippen LogP contribution in [0.15, 0.2) is 29.3 Å². The zero-order valence-electron chi connectivity index (χ0n) is 13.2. The van der Waals surface area contributed by atoms with Crippen molar-refractivity contribution in [1.29, 1.82) is 0 Å². The molecule has 0 spiro atoms. The van der Waals surface area contributed by atoms with Gasteiger partial charge in [-0.25, -0.2) is 4.39 Å². The monoisotopic (exact) mass is 310 g/mol. The first-order chi connectivity index (χ1) is 10.6. The van der Waals surface area contributed by atoms with Crippen LogP contribution in [0.1, 0.15) is 5.56 Å². The number of nitrogens with zero attached hydrogens (tertiary/aromatic N) is 2. The first-order valence-electron chi connectivity index (χ1n) is 6.98. The molecule has 0 heterocycles. The van der Waals surface area contributed by atoms with E-state index in [9.17, 15) is 9.18 Å². The largest absolute Gasteiger partial charge is 0.383 e. The van der Waals surface area contributed by atoms with Crippen LogP contribution in [0.2, 0.25) is 0 Å². The van der Waals surface area contributed by atoms with E-state index in [0.717, 1.165) is 5.56 Å². The van der Waals surface area contributed by atoms with E-state index in [4.69, 9.17) is 4.74 Å². The maximum Gasteiger partial charge on any atom is 0.239 e. The number of aliphatic imine (C=N–C) groups is 1. The van der Waals surface area contributed by atoms with Gasteiger partial charge in [-0.2, -0.15) is 0 Å². The molecule has 7 heteroatoms. The number of amides is 1. The molecule has 0 saturated carbocycles. The maximum atomic E-state index is 12.9. The minimum absolute atomic E-state index is 0.129. The zero-order chi connectivity index (χ0) is 16.4. The van der Waals surface area contributed by atoms with E-state index in [0.29, 0.717) is 25.7 Å². The number of hydrogen-bond donors (Lipinski definition) is 2. The van der Waals surface area contributed by atoms with Gasteiger partial charge >= 0.3 is 0 Å². The van der Waals surface area contributed by atoms with E-state index in [1.807, 2.05) is 11.9 Å². The standard InChI is InChI=1S/C15H23FN4O2/c1-17-15(19-10-14(21)18-8-9-22-3)20(2)11-12-4-6-13(16)7-5-12/h4-7H,8-11H2,1-3H3,(H,17,19)(H,18,21). The first-order valence-corrected chi connectivity index (χ1v) is 6.98. The average Bonchev–Trinajstić information content (AvgIpc) is 2.50. The van der Waals surface area contributed by atoms with E-state index in [1.165, 1.54) is 12.1 Å². The fourth-order valence-electron chi connectivity index (χ4n) is 1.84. The van der Waals surface area contributed by atoms with E-state index in [-0.39, 0.29) is 18.3 Å². The number of hydrogen-bond acceptors (Lipinski definition) is 3. The average molecular weight is 310 g/mol. The normalized spacial score (nSPS) is 11.2. The lowest BCUT2D eigenvalue weighted by Gasteiger charge is -2.22. The quantitative estimate of drug-likeness (QED) is 0.440. The molecule has 0 atom stereocenters. The Morgan fingerprint density at radius 2 is 2.00 bits per heavy atom. The molecule has 0 aromatic heterocycles. The van der Waals surface area contributed by atoms with Gasteiger partial charge in [-0.15, -0.1) is 0 Å². The summed E-state index contributed by atoms with van der Waals surface area (Å²) in [5, 5.41) is 5.69. The number of carbonyl (C=O) groups is 1. The van der Waals surface area contributed by atoms with Crippen molar-refractivity contribution in [3.05, 3.63) is 35.6 Å². The SMILES string of the molecule is CN=C(NCC(=O)NCCOC)N(C)Cc1ccc(F)cc1. The summed E-state index contributed by atoms with van der Waals surface area (Å²) < 4.78 is 17.7. The highest BCUT2D eigenvalue weighted by molar-refractivity contribution is 5.86. The van der Waals surface area contributed by atoms with Gasteiger partial charge in [0.2, 0.25) is 5.91 Å². The van der Waals surface area contributed by atoms with E-state index in [2.05, 4.69) is 15.6 Å². The summed E-state index contributed by atoms with van der Waals surface area (Å²) in [4.78, 5) is 17.6. The van der Waals surface area contributed by atoms with Crippen LogP contribution in [-0.2, 0) is 16.1 Å². The highest BCUT2D eigenvalue weighted by Crippen LogP contribution is 2.05. The smallest absolute Gasteiger partial charge is 0.239 e. The molecule has 1 rings (SSSR count).